The van der Waals surface area contributed by atoms with Gasteiger partial charge in [-0.1, -0.05) is 35.0 Å². The molecule has 1 fully saturated rings. The van der Waals surface area contributed by atoms with Crippen LogP contribution in [0.15, 0.2) is 28.8 Å². The second-order valence-corrected chi connectivity index (χ2v) is 5.90. The summed E-state index contributed by atoms with van der Waals surface area (Å²) in [6.45, 7) is 3.44. The van der Waals surface area contributed by atoms with Crippen molar-refractivity contribution in [3.8, 4) is 11.4 Å². The Morgan fingerprint density at radius 1 is 1.30 bits per heavy atom. The standard InChI is InChI=1S/C16H20N4O3/c1-11-2-4-12(5-3-11)13-19-15(23-20-13)18-10-16(14(17)21)6-8-22-9-7-16/h2-5H,6-10H2,1H3,(H2,17,21)(H,18,19,20). The van der Waals surface area contributed by atoms with Crippen LogP contribution in [0.4, 0.5) is 6.01 Å². The molecule has 122 valence electrons. The van der Waals surface area contributed by atoms with E-state index in [0.29, 0.717) is 38.4 Å². The van der Waals surface area contributed by atoms with E-state index in [4.69, 9.17) is 15.0 Å². The summed E-state index contributed by atoms with van der Waals surface area (Å²) < 4.78 is 10.5. The molecule has 0 spiro atoms. The quantitative estimate of drug-likeness (QED) is 0.871. The van der Waals surface area contributed by atoms with Crippen molar-refractivity contribution in [3.63, 3.8) is 0 Å². The minimum atomic E-state index is -0.628. The van der Waals surface area contributed by atoms with Crippen molar-refractivity contribution in [3.05, 3.63) is 29.8 Å². The van der Waals surface area contributed by atoms with Gasteiger partial charge >= 0.3 is 6.01 Å². The summed E-state index contributed by atoms with van der Waals surface area (Å²) in [4.78, 5) is 16.1. The number of carbonyl (C=O) groups excluding carboxylic acids is 1. The summed E-state index contributed by atoms with van der Waals surface area (Å²) in [5, 5.41) is 7.00. The molecule has 1 aromatic heterocycles. The fourth-order valence-corrected chi connectivity index (χ4v) is 2.63. The molecule has 0 aliphatic carbocycles. The fraction of sp³-hybridized carbons (Fsp3) is 0.438. The third-order valence-electron chi connectivity index (χ3n) is 4.29. The Morgan fingerprint density at radius 3 is 2.65 bits per heavy atom. The topological polar surface area (TPSA) is 103 Å². The number of anilines is 1. The maximum Gasteiger partial charge on any atom is 0.321 e. The van der Waals surface area contributed by atoms with Crippen molar-refractivity contribution in [2.45, 2.75) is 19.8 Å². The monoisotopic (exact) mass is 316 g/mol. The van der Waals surface area contributed by atoms with Crippen LogP contribution in [0.5, 0.6) is 0 Å². The van der Waals surface area contributed by atoms with Gasteiger partial charge in [0.1, 0.15) is 0 Å². The zero-order valence-electron chi connectivity index (χ0n) is 13.0. The van der Waals surface area contributed by atoms with E-state index in [2.05, 4.69) is 15.5 Å². The zero-order valence-corrected chi connectivity index (χ0v) is 13.0. The number of hydrogen-bond donors (Lipinski definition) is 2. The first-order valence-electron chi connectivity index (χ1n) is 7.61. The maximum absolute atomic E-state index is 11.8. The minimum absolute atomic E-state index is 0.285. The van der Waals surface area contributed by atoms with Gasteiger partial charge in [-0.05, 0) is 19.8 Å². The number of ether oxygens (including phenoxy) is 1. The number of primary amides is 1. The largest absolute Gasteiger partial charge is 0.381 e. The van der Waals surface area contributed by atoms with Gasteiger partial charge in [0.05, 0.1) is 5.41 Å². The van der Waals surface area contributed by atoms with E-state index in [1.807, 2.05) is 31.2 Å². The van der Waals surface area contributed by atoms with Crippen LogP contribution < -0.4 is 11.1 Å². The van der Waals surface area contributed by atoms with Crippen LogP contribution in [0.1, 0.15) is 18.4 Å². The van der Waals surface area contributed by atoms with Gasteiger partial charge in [0.25, 0.3) is 0 Å². The van der Waals surface area contributed by atoms with Crippen LogP contribution in [0.25, 0.3) is 11.4 Å². The van der Waals surface area contributed by atoms with Crippen LogP contribution in [0.3, 0.4) is 0 Å². The van der Waals surface area contributed by atoms with Crippen molar-refractivity contribution < 1.29 is 14.1 Å². The first-order valence-corrected chi connectivity index (χ1v) is 7.61. The predicted molar refractivity (Wildman–Crippen MR) is 84.6 cm³/mol. The number of carbonyl (C=O) groups is 1. The van der Waals surface area contributed by atoms with E-state index in [-0.39, 0.29) is 11.9 Å². The second kappa shape index (κ2) is 6.37. The zero-order chi connectivity index (χ0) is 16.3. The molecular formula is C16H20N4O3. The van der Waals surface area contributed by atoms with Gasteiger partial charge in [-0.2, -0.15) is 4.98 Å². The Balaban J connectivity index is 1.69. The lowest BCUT2D eigenvalue weighted by molar-refractivity contribution is -0.132. The Bertz CT molecular complexity index is 675. The molecule has 0 atom stereocenters. The highest BCUT2D eigenvalue weighted by atomic mass is 16.5. The van der Waals surface area contributed by atoms with Gasteiger partial charge in [-0.25, -0.2) is 0 Å². The molecule has 0 bridgehead atoms. The molecule has 23 heavy (non-hydrogen) atoms. The normalized spacial score (nSPS) is 16.9. The van der Waals surface area contributed by atoms with Gasteiger partial charge in [-0.3, -0.25) is 4.79 Å². The molecule has 0 unspecified atom stereocenters. The molecule has 1 aromatic carbocycles. The van der Waals surface area contributed by atoms with Gasteiger partial charge < -0.3 is 20.3 Å². The predicted octanol–water partition coefficient (Wildman–Crippen LogP) is 1.74. The summed E-state index contributed by atoms with van der Waals surface area (Å²) in [5.74, 6) is 0.180. The highest BCUT2D eigenvalue weighted by Crippen LogP contribution is 2.30. The lowest BCUT2D eigenvalue weighted by Crippen LogP contribution is -2.46. The number of nitrogens with one attached hydrogen (secondary N) is 1. The molecule has 1 amide bonds. The lowest BCUT2D eigenvalue weighted by atomic mass is 9.79. The van der Waals surface area contributed by atoms with Crippen molar-refractivity contribution in [2.24, 2.45) is 11.1 Å². The molecule has 0 saturated carbocycles. The van der Waals surface area contributed by atoms with Crippen LogP contribution in [0, 0.1) is 12.3 Å². The number of nitrogens with two attached hydrogens (primary N) is 1. The average Bonchev–Trinajstić information content (AvgIpc) is 3.03. The average molecular weight is 316 g/mol. The van der Waals surface area contributed by atoms with Crippen LogP contribution in [-0.4, -0.2) is 35.8 Å². The Kier molecular flexibility index (Phi) is 4.29. The molecule has 3 N–H and O–H groups in total. The molecule has 7 heteroatoms. The summed E-state index contributed by atoms with van der Waals surface area (Å²) in [6, 6.07) is 8.14. The van der Waals surface area contributed by atoms with Crippen LogP contribution in [0.2, 0.25) is 0 Å². The van der Waals surface area contributed by atoms with E-state index in [1.165, 1.54) is 5.56 Å². The van der Waals surface area contributed by atoms with Crippen LogP contribution in [-0.2, 0) is 9.53 Å². The fourth-order valence-electron chi connectivity index (χ4n) is 2.63. The highest BCUT2D eigenvalue weighted by Gasteiger charge is 2.38. The van der Waals surface area contributed by atoms with Crippen molar-refractivity contribution in [1.29, 1.82) is 0 Å². The highest BCUT2D eigenvalue weighted by molar-refractivity contribution is 5.81. The van der Waals surface area contributed by atoms with Gasteiger partial charge in [-0.15, -0.1) is 0 Å². The Morgan fingerprint density at radius 2 is 2.00 bits per heavy atom. The van der Waals surface area contributed by atoms with E-state index >= 15 is 0 Å². The number of amides is 1. The molecule has 3 rings (SSSR count). The SMILES string of the molecule is Cc1ccc(-c2noc(NCC3(C(N)=O)CCOCC3)n2)cc1. The maximum atomic E-state index is 11.8. The molecule has 2 heterocycles. The second-order valence-electron chi connectivity index (χ2n) is 5.90. The number of aryl methyl sites for hydroxylation is 1. The summed E-state index contributed by atoms with van der Waals surface area (Å²) in [7, 11) is 0. The molecule has 1 aliphatic heterocycles. The summed E-state index contributed by atoms with van der Waals surface area (Å²) >= 11 is 0. The first kappa shape index (κ1) is 15.5. The summed E-state index contributed by atoms with van der Waals surface area (Å²) in [6.07, 6.45) is 1.18. The number of aromatic nitrogens is 2. The number of hydrogen-bond acceptors (Lipinski definition) is 6. The van der Waals surface area contributed by atoms with E-state index in [0.717, 1.165) is 5.56 Å². The van der Waals surface area contributed by atoms with E-state index in [1.54, 1.807) is 0 Å². The molecular weight excluding hydrogens is 296 g/mol. The van der Waals surface area contributed by atoms with Crippen LogP contribution >= 0.6 is 0 Å². The smallest absolute Gasteiger partial charge is 0.321 e. The molecule has 0 radical (unpaired) electrons. The number of rotatable bonds is 5. The van der Waals surface area contributed by atoms with Crippen molar-refractivity contribution in [2.75, 3.05) is 25.1 Å². The Hall–Kier alpha value is -2.41. The minimum Gasteiger partial charge on any atom is -0.381 e. The molecule has 7 nitrogen and oxygen atoms in total. The summed E-state index contributed by atoms with van der Waals surface area (Å²) in [5.41, 5.74) is 6.99. The van der Waals surface area contributed by atoms with Gasteiger partial charge in [0, 0.05) is 25.3 Å². The van der Waals surface area contributed by atoms with Crippen molar-refractivity contribution in [1.82, 2.24) is 10.1 Å². The molecule has 1 saturated heterocycles. The third kappa shape index (κ3) is 3.34. The first-order chi connectivity index (χ1) is 11.1. The molecule has 2 aromatic rings. The Labute approximate surface area is 134 Å². The van der Waals surface area contributed by atoms with E-state index < -0.39 is 5.41 Å². The van der Waals surface area contributed by atoms with Gasteiger partial charge in [0.15, 0.2) is 0 Å². The van der Waals surface area contributed by atoms with Crippen molar-refractivity contribution >= 4 is 11.9 Å². The number of nitrogens with zero attached hydrogens (tertiary/aromatic N) is 2. The lowest BCUT2D eigenvalue weighted by Gasteiger charge is -2.33. The van der Waals surface area contributed by atoms with E-state index in [9.17, 15) is 4.79 Å². The van der Waals surface area contributed by atoms with Gasteiger partial charge in [0.2, 0.25) is 11.7 Å². The number of benzene rings is 1. The third-order valence-corrected chi connectivity index (χ3v) is 4.29. The molecule has 1 aliphatic rings.